The first-order chi connectivity index (χ1) is 17.7. The zero-order chi connectivity index (χ0) is 27.1. The first-order valence-electron chi connectivity index (χ1n) is 13.2. The van der Waals surface area contributed by atoms with E-state index in [1.807, 2.05) is 48.9 Å². The van der Waals surface area contributed by atoms with E-state index < -0.39 is 5.97 Å². The maximum absolute atomic E-state index is 13.4. The summed E-state index contributed by atoms with van der Waals surface area (Å²) in [5.41, 5.74) is 4.53. The third-order valence-electron chi connectivity index (χ3n) is 6.81. The highest BCUT2D eigenvalue weighted by molar-refractivity contribution is 9.10. The number of thiocarbonyl (C=S) groups is 1. The summed E-state index contributed by atoms with van der Waals surface area (Å²) >= 11 is 9.49. The van der Waals surface area contributed by atoms with Gasteiger partial charge in [-0.3, -0.25) is 0 Å². The number of hydrogen-bond donors (Lipinski definition) is 1. The number of phenolic OH excluding ortho intramolecular Hbond substituents is 1. The smallest absolute Gasteiger partial charge is 0.341 e. The van der Waals surface area contributed by atoms with Crippen LogP contribution in [0.3, 0.4) is 0 Å². The lowest BCUT2D eigenvalue weighted by molar-refractivity contribution is 0.0528. The first-order valence-corrected chi connectivity index (χ1v) is 14.4. The highest BCUT2D eigenvalue weighted by atomic mass is 79.9. The number of nitrogens with zero attached hydrogens (tertiary/aromatic N) is 2. The molecule has 0 aliphatic heterocycles. The summed E-state index contributed by atoms with van der Waals surface area (Å²) in [6, 6.07) is 9.83. The summed E-state index contributed by atoms with van der Waals surface area (Å²) < 4.78 is 8.06. The van der Waals surface area contributed by atoms with E-state index in [1.54, 1.807) is 6.92 Å². The Balaban J connectivity index is 0.00000507. The van der Waals surface area contributed by atoms with Gasteiger partial charge in [0.2, 0.25) is 0 Å². The highest BCUT2D eigenvalue weighted by Gasteiger charge is 2.29. The van der Waals surface area contributed by atoms with Crippen LogP contribution in [0.25, 0.3) is 10.9 Å². The number of hydrogen-bond acceptors (Lipinski definition) is 5. The lowest BCUT2D eigenvalue weighted by Gasteiger charge is -2.19. The zero-order valence-corrected chi connectivity index (χ0v) is 26.3. The second kappa shape index (κ2) is 15.0. The summed E-state index contributed by atoms with van der Waals surface area (Å²) in [6.45, 7) is 7.71. The molecular formula is C30H40BrClN2O3S. The van der Waals surface area contributed by atoms with Gasteiger partial charge in [-0.15, -0.1) is 12.4 Å². The zero-order valence-electron chi connectivity index (χ0n) is 23.1. The van der Waals surface area contributed by atoms with E-state index in [0.29, 0.717) is 38.1 Å². The minimum Gasteiger partial charge on any atom is -0.506 e. The van der Waals surface area contributed by atoms with E-state index in [4.69, 9.17) is 17.0 Å². The molecule has 0 saturated carbocycles. The molecule has 0 radical (unpaired) electrons. The van der Waals surface area contributed by atoms with E-state index in [9.17, 15) is 9.90 Å². The van der Waals surface area contributed by atoms with Crippen LogP contribution in [0.2, 0.25) is 0 Å². The Hall–Kier alpha value is -1.93. The Morgan fingerprint density at radius 3 is 2.47 bits per heavy atom. The van der Waals surface area contributed by atoms with E-state index in [0.717, 1.165) is 29.6 Å². The number of rotatable bonds is 13. The largest absolute Gasteiger partial charge is 0.506 e. The van der Waals surface area contributed by atoms with Gasteiger partial charge in [-0.2, -0.15) is 0 Å². The van der Waals surface area contributed by atoms with Gasteiger partial charge in [0.15, 0.2) is 0 Å². The molecule has 0 bridgehead atoms. The van der Waals surface area contributed by atoms with E-state index >= 15 is 0 Å². The van der Waals surface area contributed by atoms with Crippen LogP contribution in [0.4, 0.5) is 0 Å². The molecule has 1 heterocycles. The number of aromatic nitrogens is 1. The van der Waals surface area contributed by atoms with E-state index in [1.165, 1.54) is 32.1 Å². The molecule has 0 unspecified atom stereocenters. The van der Waals surface area contributed by atoms with Gasteiger partial charge in [-0.1, -0.05) is 81.1 Å². The number of unbranched alkanes of at least 4 members (excludes halogenated alkanes) is 5. The van der Waals surface area contributed by atoms with E-state index in [-0.39, 0.29) is 24.8 Å². The van der Waals surface area contributed by atoms with Gasteiger partial charge in [-0.25, -0.2) is 4.79 Å². The number of ether oxygens (including phenoxy) is 1. The number of carbonyl (C=O) groups is 1. The summed E-state index contributed by atoms with van der Waals surface area (Å²) in [7, 11) is 3.97. The first kappa shape index (κ1) is 32.3. The molecule has 0 amide bonds. The van der Waals surface area contributed by atoms with Crippen molar-refractivity contribution in [2.24, 2.45) is 7.05 Å². The molecule has 1 N–H and O–H groups in total. The van der Waals surface area contributed by atoms with Crippen molar-refractivity contribution in [3.63, 3.8) is 0 Å². The van der Waals surface area contributed by atoms with Crippen molar-refractivity contribution in [2.75, 3.05) is 20.2 Å². The fourth-order valence-electron chi connectivity index (χ4n) is 4.88. The number of aryl methyl sites for hydroxylation is 2. The number of phenols is 1. The van der Waals surface area contributed by atoms with Crippen molar-refractivity contribution in [3.05, 3.63) is 62.8 Å². The third-order valence-corrected chi connectivity index (χ3v) is 7.85. The van der Waals surface area contributed by atoms with Gasteiger partial charge >= 0.3 is 5.97 Å². The number of esters is 1. The molecule has 2 aromatic carbocycles. The number of fused-ring (bicyclic) bond motifs is 1. The molecule has 0 spiro atoms. The normalized spacial score (nSPS) is 11.1. The minimum atomic E-state index is -0.431. The van der Waals surface area contributed by atoms with Crippen LogP contribution in [0, 0.1) is 6.92 Å². The molecule has 3 aromatic rings. The number of benzene rings is 2. The summed E-state index contributed by atoms with van der Waals surface area (Å²) in [5, 5.41) is 11.9. The van der Waals surface area contributed by atoms with Gasteiger partial charge in [0.1, 0.15) is 5.75 Å². The van der Waals surface area contributed by atoms with E-state index in [2.05, 4.69) is 34.8 Å². The molecule has 208 valence electrons. The molecule has 0 aliphatic carbocycles. The maximum Gasteiger partial charge on any atom is 0.341 e. The summed E-state index contributed by atoms with van der Waals surface area (Å²) in [4.78, 5) is 16.2. The van der Waals surface area contributed by atoms with Crippen molar-refractivity contribution >= 4 is 62.3 Å². The van der Waals surface area contributed by atoms with Crippen molar-refractivity contribution in [3.8, 4) is 5.75 Å². The number of carbonyl (C=O) groups excluding carboxylic acids is 1. The van der Waals surface area contributed by atoms with Gasteiger partial charge < -0.3 is 19.3 Å². The molecule has 0 saturated heterocycles. The quantitative estimate of drug-likeness (QED) is 0.0902. The Labute approximate surface area is 247 Å². The fraction of sp³-hybridized carbons (Fsp3) is 0.467. The van der Waals surface area contributed by atoms with Gasteiger partial charge in [0, 0.05) is 24.5 Å². The van der Waals surface area contributed by atoms with Crippen molar-refractivity contribution in [2.45, 2.75) is 65.8 Å². The number of halogens is 2. The van der Waals surface area contributed by atoms with Crippen molar-refractivity contribution < 1.29 is 14.6 Å². The Kier molecular flexibility index (Phi) is 12.8. The SMILES string of the molecule is CCCCCCCCN(C)Cc1c(O)c(Br)cc2c1c(C(=O)OCC)c(C(=S)c1cccc(C)c1)n2C.Cl. The predicted molar refractivity (Wildman–Crippen MR) is 167 cm³/mol. The Bertz CT molecular complexity index is 1270. The van der Waals surface area contributed by atoms with Crippen LogP contribution in [0.1, 0.15) is 85.1 Å². The lowest BCUT2D eigenvalue weighted by atomic mass is 9.99. The molecule has 38 heavy (non-hydrogen) atoms. The van der Waals surface area contributed by atoms with Crippen LogP contribution in [0.5, 0.6) is 5.75 Å². The monoisotopic (exact) mass is 622 g/mol. The average Bonchev–Trinajstić information content (AvgIpc) is 3.15. The number of aromatic hydroxyl groups is 1. The molecular weight excluding hydrogens is 584 g/mol. The van der Waals surface area contributed by atoms with Crippen LogP contribution >= 0.6 is 40.6 Å². The lowest BCUT2D eigenvalue weighted by Crippen LogP contribution is -2.20. The van der Waals surface area contributed by atoms with Crippen LogP contribution in [-0.2, 0) is 18.3 Å². The van der Waals surface area contributed by atoms with Gasteiger partial charge in [0.25, 0.3) is 0 Å². The topological polar surface area (TPSA) is 54.7 Å². The van der Waals surface area contributed by atoms with Crippen LogP contribution in [-0.4, -0.2) is 45.6 Å². The summed E-state index contributed by atoms with van der Waals surface area (Å²) in [5.74, 6) is -0.286. The average molecular weight is 624 g/mol. The predicted octanol–water partition coefficient (Wildman–Crippen LogP) is 8.11. The van der Waals surface area contributed by atoms with Crippen LogP contribution in [0.15, 0.2) is 34.8 Å². The van der Waals surface area contributed by atoms with Crippen molar-refractivity contribution in [1.82, 2.24) is 9.47 Å². The van der Waals surface area contributed by atoms with Crippen LogP contribution < -0.4 is 0 Å². The molecule has 8 heteroatoms. The highest BCUT2D eigenvalue weighted by Crippen LogP contribution is 2.40. The standard InChI is InChI=1S/C30H39BrN2O3S.ClH/c1-6-8-9-10-11-12-16-32(4)19-22-25-24(18-23(31)28(22)34)33(5)27(26(25)30(35)36-7-2)29(37)21-15-13-14-20(3)17-21;/h13-15,17-18,34H,6-12,16,19H2,1-5H3;1H. The third kappa shape index (κ3) is 7.38. The second-order valence-corrected chi connectivity index (χ2v) is 11.0. The molecule has 3 rings (SSSR count). The molecule has 5 nitrogen and oxygen atoms in total. The maximum atomic E-state index is 13.4. The van der Waals surface area contributed by atoms with Gasteiger partial charge in [-0.05, 0) is 61.4 Å². The molecule has 0 atom stereocenters. The fourth-order valence-corrected chi connectivity index (χ4v) is 5.71. The minimum absolute atomic E-state index is 0. The Morgan fingerprint density at radius 2 is 1.82 bits per heavy atom. The summed E-state index contributed by atoms with van der Waals surface area (Å²) in [6.07, 6.45) is 7.35. The molecule has 0 aliphatic rings. The second-order valence-electron chi connectivity index (χ2n) is 9.79. The van der Waals surface area contributed by atoms with Gasteiger partial charge in [0.05, 0.1) is 32.7 Å². The molecule has 0 fully saturated rings. The molecule has 1 aromatic heterocycles. The van der Waals surface area contributed by atoms with Crippen molar-refractivity contribution in [1.29, 1.82) is 0 Å². The Morgan fingerprint density at radius 1 is 1.13 bits per heavy atom.